The molecule has 0 bridgehead atoms. The molecule has 0 heterocycles. The molecule has 10 heavy (non-hydrogen) atoms. The summed E-state index contributed by atoms with van der Waals surface area (Å²) in [7, 11) is 0. The minimum Gasteiger partial charge on any atom is -0.496 e. The number of aliphatic hydroxyl groups is 1. The lowest BCUT2D eigenvalue weighted by molar-refractivity contribution is 0.0158. The van der Waals surface area contributed by atoms with E-state index in [9.17, 15) is 5.11 Å². The molecule has 2 nitrogen and oxygen atoms in total. The molecule has 0 radical (unpaired) electrons. The van der Waals surface area contributed by atoms with Crippen molar-refractivity contribution in [1.29, 1.82) is 0 Å². The molecule has 2 heteroatoms. The van der Waals surface area contributed by atoms with E-state index < -0.39 is 0 Å². The molecule has 0 aromatic heterocycles. The summed E-state index contributed by atoms with van der Waals surface area (Å²) in [6.45, 7) is 7.28. The van der Waals surface area contributed by atoms with Crippen molar-refractivity contribution < 1.29 is 9.84 Å². The molecule has 0 aliphatic heterocycles. The SMILES string of the molecule is C=COC(C)C(O)CCC. The minimum atomic E-state index is -0.358. The zero-order valence-corrected chi connectivity index (χ0v) is 6.71. The summed E-state index contributed by atoms with van der Waals surface area (Å²) >= 11 is 0. The Balaban J connectivity index is 3.47. The first-order valence-corrected chi connectivity index (χ1v) is 3.66. The van der Waals surface area contributed by atoms with Crippen LogP contribution in [0.25, 0.3) is 0 Å². The Kier molecular flexibility index (Phi) is 5.03. The summed E-state index contributed by atoms with van der Waals surface area (Å²) in [5.41, 5.74) is 0. The van der Waals surface area contributed by atoms with Gasteiger partial charge in [-0.25, -0.2) is 0 Å². The van der Waals surface area contributed by atoms with E-state index in [-0.39, 0.29) is 12.2 Å². The molecule has 2 atom stereocenters. The van der Waals surface area contributed by atoms with E-state index >= 15 is 0 Å². The van der Waals surface area contributed by atoms with E-state index in [4.69, 9.17) is 4.74 Å². The molecular weight excluding hydrogens is 128 g/mol. The summed E-state index contributed by atoms with van der Waals surface area (Å²) in [5, 5.41) is 9.28. The molecule has 0 amide bonds. The Bertz CT molecular complexity index is 91.3. The van der Waals surface area contributed by atoms with Gasteiger partial charge in [-0.3, -0.25) is 0 Å². The van der Waals surface area contributed by atoms with Crippen molar-refractivity contribution in [2.24, 2.45) is 0 Å². The average Bonchev–Trinajstić information content (AvgIpc) is 1.89. The number of rotatable bonds is 5. The number of ether oxygens (including phenoxy) is 1. The van der Waals surface area contributed by atoms with Crippen LogP contribution in [0.4, 0.5) is 0 Å². The van der Waals surface area contributed by atoms with E-state index in [0.717, 1.165) is 12.8 Å². The largest absolute Gasteiger partial charge is 0.496 e. The molecule has 0 aliphatic carbocycles. The number of hydrogen-bond acceptors (Lipinski definition) is 2. The fourth-order valence-electron chi connectivity index (χ4n) is 0.773. The van der Waals surface area contributed by atoms with E-state index in [1.54, 1.807) is 0 Å². The molecule has 0 fully saturated rings. The topological polar surface area (TPSA) is 29.5 Å². The van der Waals surface area contributed by atoms with Crippen LogP contribution in [0.5, 0.6) is 0 Å². The molecule has 0 rings (SSSR count). The van der Waals surface area contributed by atoms with Gasteiger partial charge in [-0.05, 0) is 13.3 Å². The Labute approximate surface area is 62.5 Å². The predicted octanol–water partition coefficient (Wildman–Crippen LogP) is 1.70. The third kappa shape index (κ3) is 3.51. The molecule has 1 N–H and O–H groups in total. The van der Waals surface area contributed by atoms with Gasteiger partial charge in [-0.15, -0.1) is 0 Å². The third-order valence-electron chi connectivity index (χ3n) is 1.44. The summed E-state index contributed by atoms with van der Waals surface area (Å²) in [6, 6.07) is 0. The second-order valence-electron chi connectivity index (χ2n) is 2.36. The van der Waals surface area contributed by atoms with Gasteiger partial charge in [0.05, 0.1) is 12.4 Å². The number of hydrogen-bond donors (Lipinski definition) is 1. The molecule has 0 aromatic carbocycles. The van der Waals surface area contributed by atoms with Gasteiger partial charge in [-0.1, -0.05) is 19.9 Å². The van der Waals surface area contributed by atoms with Crippen LogP contribution in [-0.4, -0.2) is 17.3 Å². The van der Waals surface area contributed by atoms with Crippen LogP contribution < -0.4 is 0 Å². The van der Waals surface area contributed by atoms with Gasteiger partial charge in [-0.2, -0.15) is 0 Å². The Morgan fingerprint density at radius 1 is 1.70 bits per heavy atom. The Morgan fingerprint density at radius 2 is 2.30 bits per heavy atom. The summed E-state index contributed by atoms with van der Waals surface area (Å²) < 4.78 is 4.97. The van der Waals surface area contributed by atoms with Gasteiger partial charge in [0.1, 0.15) is 6.10 Å². The van der Waals surface area contributed by atoms with E-state index in [0.29, 0.717) is 0 Å². The van der Waals surface area contributed by atoms with Crippen LogP contribution in [0, 0.1) is 0 Å². The van der Waals surface area contributed by atoms with Crippen LogP contribution in [0.2, 0.25) is 0 Å². The first kappa shape index (κ1) is 9.50. The van der Waals surface area contributed by atoms with Crippen molar-refractivity contribution in [1.82, 2.24) is 0 Å². The second kappa shape index (κ2) is 5.30. The molecule has 0 aromatic rings. The van der Waals surface area contributed by atoms with Gasteiger partial charge in [0.2, 0.25) is 0 Å². The molecule has 0 aliphatic rings. The van der Waals surface area contributed by atoms with Crippen LogP contribution in [0.1, 0.15) is 26.7 Å². The van der Waals surface area contributed by atoms with E-state index in [1.807, 2.05) is 13.8 Å². The van der Waals surface area contributed by atoms with Gasteiger partial charge in [0.15, 0.2) is 0 Å². The van der Waals surface area contributed by atoms with Gasteiger partial charge >= 0.3 is 0 Å². The van der Waals surface area contributed by atoms with Crippen molar-refractivity contribution >= 4 is 0 Å². The zero-order chi connectivity index (χ0) is 7.98. The molecule has 60 valence electrons. The lowest BCUT2D eigenvalue weighted by Gasteiger charge is -2.16. The monoisotopic (exact) mass is 144 g/mol. The first-order chi connectivity index (χ1) is 4.72. The Morgan fingerprint density at radius 3 is 2.70 bits per heavy atom. The summed E-state index contributed by atoms with van der Waals surface area (Å²) in [5.74, 6) is 0. The highest BCUT2D eigenvalue weighted by Gasteiger charge is 2.11. The zero-order valence-electron chi connectivity index (χ0n) is 6.71. The van der Waals surface area contributed by atoms with Crippen molar-refractivity contribution in [2.45, 2.75) is 38.9 Å². The highest BCUT2D eigenvalue weighted by molar-refractivity contribution is 4.66. The van der Waals surface area contributed by atoms with Crippen LogP contribution in [0.3, 0.4) is 0 Å². The first-order valence-electron chi connectivity index (χ1n) is 3.66. The predicted molar refractivity (Wildman–Crippen MR) is 41.7 cm³/mol. The van der Waals surface area contributed by atoms with Gasteiger partial charge < -0.3 is 9.84 Å². The van der Waals surface area contributed by atoms with Crippen LogP contribution in [0.15, 0.2) is 12.8 Å². The fourth-order valence-corrected chi connectivity index (χ4v) is 0.773. The summed E-state index contributed by atoms with van der Waals surface area (Å²) in [4.78, 5) is 0. The van der Waals surface area contributed by atoms with Crippen molar-refractivity contribution in [3.8, 4) is 0 Å². The number of aliphatic hydroxyl groups excluding tert-OH is 1. The lowest BCUT2D eigenvalue weighted by atomic mass is 10.1. The molecular formula is C8H16O2. The van der Waals surface area contributed by atoms with Crippen molar-refractivity contribution in [3.63, 3.8) is 0 Å². The normalized spacial score (nSPS) is 15.9. The lowest BCUT2D eigenvalue weighted by Crippen LogP contribution is -2.23. The fraction of sp³-hybridized carbons (Fsp3) is 0.750. The van der Waals surface area contributed by atoms with Crippen molar-refractivity contribution in [3.05, 3.63) is 12.8 Å². The highest BCUT2D eigenvalue weighted by Crippen LogP contribution is 2.04. The quantitative estimate of drug-likeness (QED) is 0.595. The van der Waals surface area contributed by atoms with E-state index in [2.05, 4.69) is 6.58 Å². The van der Waals surface area contributed by atoms with Crippen LogP contribution >= 0.6 is 0 Å². The second-order valence-corrected chi connectivity index (χ2v) is 2.36. The summed E-state index contributed by atoms with van der Waals surface area (Å²) in [6.07, 6.45) is 2.64. The standard InChI is InChI=1S/C8H16O2/c1-4-6-8(9)7(3)10-5-2/h5,7-9H,2,4,6H2,1,3H3. The van der Waals surface area contributed by atoms with Gasteiger partial charge in [0.25, 0.3) is 0 Å². The minimum absolute atomic E-state index is 0.127. The molecule has 2 unspecified atom stereocenters. The molecule has 0 spiro atoms. The maximum absolute atomic E-state index is 9.28. The highest BCUT2D eigenvalue weighted by atomic mass is 16.5. The van der Waals surface area contributed by atoms with E-state index in [1.165, 1.54) is 6.26 Å². The van der Waals surface area contributed by atoms with Crippen LogP contribution in [-0.2, 0) is 4.74 Å². The third-order valence-corrected chi connectivity index (χ3v) is 1.44. The maximum atomic E-state index is 9.28. The molecule has 0 saturated carbocycles. The smallest absolute Gasteiger partial charge is 0.121 e. The maximum Gasteiger partial charge on any atom is 0.121 e. The Hall–Kier alpha value is -0.500. The van der Waals surface area contributed by atoms with Gasteiger partial charge in [0, 0.05) is 0 Å². The average molecular weight is 144 g/mol. The van der Waals surface area contributed by atoms with Crippen molar-refractivity contribution in [2.75, 3.05) is 0 Å². The molecule has 0 saturated heterocycles.